The molecule has 4 atom stereocenters. The van der Waals surface area contributed by atoms with E-state index in [0.717, 1.165) is 0 Å². The average molecular weight is 652 g/mol. The van der Waals surface area contributed by atoms with Crippen LogP contribution in [0, 0.1) is 17.3 Å². The van der Waals surface area contributed by atoms with Crippen molar-refractivity contribution in [3.8, 4) is 0 Å². The van der Waals surface area contributed by atoms with Gasteiger partial charge in [0.1, 0.15) is 12.1 Å². The lowest BCUT2D eigenvalue weighted by atomic mass is 9.85. The number of hydrogen-bond acceptors (Lipinski definition) is 6. The molecule has 0 radical (unpaired) electrons. The maximum atomic E-state index is 13.8. The quantitative estimate of drug-likeness (QED) is 0.177. The van der Waals surface area contributed by atoms with Gasteiger partial charge in [0.25, 0.3) is 5.91 Å². The number of carbonyl (C=O) groups excluding carboxylic acids is 6. The number of ketones is 2. The monoisotopic (exact) mass is 651 g/mol. The maximum Gasteiger partial charge on any atom is 0.316 e. The zero-order valence-corrected chi connectivity index (χ0v) is 28.0. The number of nitrogens with zero attached hydrogens (tertiary/aromatic N) is 1. The van der Waals surface area contributed by atoms with Crippen LogP contribution in [0.1, 0.15) is 84.5 Å². The van der Waals surface area contributed by atoms with E-state index in [0.29, 0.717) is 12.0 Å². The lowest BCUT2D eigenvalue weighted by Gasteiger charge is -2.36. The predicted molar refractivity (Wildman–Crippen MR) is 171 cm³/mol. The van der Waals surface area contributed by atoms with E-state index < -0.39 is 84.8 Å². The van der Waals surface area contributed by atoms with E-state index in [4.69, 9.17) is 5.73 Å². The summed E-state index contributed by atoms with van der Waals surface area (Å²) in [5.41, 5.74) is 4.68. The highest BCUT2D eigenvalue weighted by Gasteiger charge is 2.43. The molecule has 1 heterocycles. The molecule has 1 fully saturated rings. The van der Waals surface area contributed by atoms with Crippen molar-refractivity contribution < 1.29 is 37.5 Å². The molecule has 1 saturated heterocycles. The molecule has 0 saturated carbocycles. The number of carbonyl (C=O) groups is 6. The van der Waals surface area contributed by atoms with Crippen LogP contribution in [0.15, 0.2) is 30.3 Å². The SMILES string of the molecule is CC(C)C(NC(=O)NC(C(=O)N1CCCC1C(=O)NC(CC(CF)CF)C(=O)C(N)=O)C(C)(C)C)C(=O)c1ccccc1.CCC. The Hall–Kier alpha value is -3.90. The number of hydrogen-bond donors (Lipinski definition) is 4. The summed E-state index contributed by atoms with van der Waals surface area (Å²) >= 11 is 0. The van der Waals surface area contributed by atoms with Gasteiger partial charge in [-0.3, -0.25) is 32.8 Å². The summed E-state index contributed by atoms with van der Waals surface area (Å²) in [7, 11) is 0. The fourth-order valence-corrected chi connectivity index (χ4v) is 4.92. The second kappa shape index (κ2) is 18.9. The predicted octanol–water partition coefficient (Wildman–Crippen LogP) is 3.50. The molecule has 4 unspecified atom stereocenters. The number of Topliss-reactive ketones (excluding diaryl/α,β-unsaturated/α-hetero) is 2. The summed E-state index contributed by atoms with van der Waals surface area (Å²) < 4.78 is 26.3. The number of urea groups is 1. The van der Waals surface area contributed by atoms with Gasteiger partial charge < -0.3 is 26.6 Å². The number of benzene rings is 1. The molecule has 0 spiro atoms. The van der Waals surface area contributed by atoms with Crippen molar-refractivity contribution >= 4 is 35.3 Å². The molecule has 258 valence electrons. The van der Waals surface area contributed by atoms with Gasteiger partial charge in [0.05, 0.1) is 25.4 Å². The Bertz CT molecular complexity index is 1190. The molecule has 1 aromatic carbocycles. The van der Waals surface area contributed by atoms with Crippen LogP contribution < -0.4 is 21.7 Å². The Balaban J connectivity index is 0.00000338. The summed E-state index contributed by atoms with van der Waals surface area (Å²) in [6.07, 6.45) is 1.42. The van der Waals surface area contributed by atoms with Crippen molar-refractivity contribution in [1.29, 1.82) is 0 Å². The lowest BCUT2D eigenvalue weighted by molar-refractivity contribution is -0.143. The standard InChI is InChI=1S/C30H43F2N5O6.C3H8/c1-17(2)22(23(38)19-10-7-6-8-11-19)35-29(43)36-25(30(3,4)5)28(42)37-13-9-12-21(37)27(41)34-20(24(39)26(33)40)14-18(15-31)16-32;1-3-2/h6-8,10-11,17-18,20-22,25H,9,12-16H2,1-5H3,(H2,33,40)(H,34,41)(H2,35,36,43);3H2,1-2H3. The molecule has 1 aliphatic heterocycles. The minimum absolute atomic E-state index is 0.167. The Morgan fingerprint density at radius 1 is 0.957 bits per heavy atom. The smallest absolute Gasteiger partial charge is 0.316 e. The first-order valence-electron chi connectivity index (χ1n) is 15.8. The number of halogens is 2. The third kappa shape index (κ3) is 11.8. The Morgan fingerprint density at radius 2 is 1.52 bits per heavy atom. The fourth-order valence-electron chi connectivity index (χ4n) is 4.92. The highest BCUT2D eigenvalue weighted by Crippen LogP contribution is 2.26. The average Bonchev–Trinajstić information content (AvgIpc) is 3.50. The van der Waals surface area contributed by atoms with E-state index >= 15 is 0 Å². The molecular formula is C33H51F2N5O6. The molecule has 2 rings (SSSR count). The van der Waals surface area contributed by atoms with E-state index in [1.807, 2.05) is 0 Å². The van der Waals surface area contributed by atoms with Crippen molar-refractivity contribution in [2.75, 3.05) is 19.9 Å². The first kappa shape index (κ1) is 40.1. The molecule has 1 aliphatic rings. The Kier molecular flexibility index (Phi) is 16.5. The third-order valence-corrected chi connectivity index (χ3v) is 7.40. The van der Waals surface area contributed by atoms with E-state index in [9.17, 15) is 37.5 Å². The Labute approximate surface area is 270 Å². The van der Waals surface area contributed by atoms with Crippen LogP contribution in [0.25, 0.3) is 0 Å². The van der Waals surface area contributed by atoms with Crippen LogP contribution in [0.2, 0.25) is 0 Å². The van der Waals surface area contributed by atoms with Crippen LogP contribution in [0.3, 0.4) is 0 Å². The minimum Gasteiger partial charge on any atom is -0.363 e. The topological polar surface area (TPSA) is 168 Å². The Morgan fingerprint density at radius 3 is 2.00 bits per heavy atom. The summed E-state index contributed by atoms with van der Waals surface area (Å²) in [5, 5.41) is 7.71. The van der Waals surface area contributed by atoms with Gasteiger partial charge in [0, 0.05) is 18.0 Å². The number of nitrogens with two attached hydrogens (primary N) is 1. The summed E-state index contributed by atoms with van der Waals surface area (Å²) in [4.78, 5) is 78.4. The van der Waals surface area contributed by atoms with Crippen LogP contribution in [0.5, 0.6) is 0 Å². The van der Waals surface area contributed by atoms with Crippen molar-refractivity contribution in [1.82, 2.24) is 20.9 Å². The van der Waals surface area contributed by atoms with Gasteiger partial charge in [-0.1, -0.05) is 85.2 Å². The van der Waals surface area contributed by atoms with Crippen LogP contribution in [0.4, 0.5) is 13.6 Å². The first-order chi connectivity index (χ1) is 21.5. The highest BCUT2D eigenvalue weighted by atomic mass is 19.1. The van der Waals surface area contributed by atoms with Gasteiger partial charge in [-0.05, 0) is 30.6 Å². The molecule has 5 N–H and O–H groups in total. The first-order valence-corrected chi connectivity index (χ1v) is 15.8. The third-order valence-electron chi connectivity index (χ3n) is 7.40. The van der Waals surface area contributed by atoms with Gasteiger partial charge in [-0.25, -0.2) is 4.79 Å². The summed E-state index contributed by atoms with van der Waals surface area (Å²) in [6.45, 7) is 10.9. The largest absolute Gasteiger partial charge is 0.363 e. The number of nitrogens with one attached hydrogen (secondary N) is 3. The van der Waals surface area contributed by atoms with E-state index in [-0.39, 0.29) is 24.7 Å². The van der Waals surface area contributed by atoms with Crippen molar-refractivity contribution in [3.05, 3.63) is 35.9 Å². The molecule has 46 heavy (non-hydrogen) atoms. The van der Waals surface area contributed by atoms with Crippen LogP contribution in [-0.2, 0) is 19.2 Å². The number of rotatable bonds is 14. The lowest BCUT2D eigenvalue weighted by Crippen LogP contribution is -2.61. The minimum atomic E-state index is -1.56. The second-order valence-corrected chi connectivity index (χ2v) is 13.0. The second-order valence-electron chi connectivity index (χ2n) is 13.0. The van der Waals surface area contributed by atoms with Crippen molar-refractivity contribution in [3.63, 3.8) is 0 Å². The number of primary amides is 1. The van der Waals surface area contributed by atoms with Crippen LogP contribution in [-0.4, -0.2) is 84.3 Å². The fraction of sp³-hybridized carbons (Fsp3) is 0.636. The molecule has 0 bridgehead atoms. The van der Waals surface area contributed by atoms with Gasteiger partial charge in [-0.15, -0.1) is 0 Å². The molecule has 5 amide bonds. The van der Waals surface area contributed by atoms with E-state index in [1.54, 1.807) is 65.0 Å². The zero-order valence-electron chi connectivity index (χ0n) is 28.0. The number of alkyl halides is 2. The van der Waals surface area contributed by atoms with Crippen molar-refractivity contribution in [2.45, 2.75) is 98.3 Å². The van der Waals surface area contributed by atoms with Gasteiger partial charge in [0.15, 0.2) is 5.78 Å². The molecule has 0 aromatic heterocycles. The molecule has 11 nitrogen and oxygen atoms in total. The highest BCUT2D eigenvalue weighted by molar-refractivity contribution is 6.37. The molecular weight excluding hydrogens is 600 g/mol. The molecule has 0 aliphatic carbocycles. The van der Waals surface area contributed by atoms with Crippen LogP contribution >= 0.6 is 0 Å². The van der Waals surface area contributed by atoms with Gasteiger partial charge >= 0.3 is 6.03 Å². The number of amides is 5. The van der Waals surface area contributed by atoms with Crippen molar-refractivity contribution in [2.24, 2.45) is 23.0 Å². The zero-order chi connectivity index (χ0) is 35.2. The normalized spacial score (nSPS) is 16.5. The molecule has 13 heteroatoms. The van der Waals surface area contributed by atoms with Gasteiger partial charge in [0.2, 0.25) is 17.6 Å². The maximum absolute atomic E-state index is 13.8. The summed E-state index contributed by atoms with van der Waals surface area (Å²) in [5.74, 6) is -5.71. The van der Waals surface area contributed by atoms with Gasteiger partial charge in [-0.2, -0.15) is 0 Å². The number of likely N-dealkylation sites (tertiary alicyclic amines) is 1. The van der Waals surface area contributed by atoms with E-state index in [2.05, 4.69) is 29.8 Å². The molecule has 1 aromatic rings. The van der Waals surface area contributed by atoms with E-state index in [1.165, 1.54) is 11.3 Å². The summed E-state index contributed by atoms with van der Waals surface area (Å²) in [6, 6.07) is 3.13.